The van der Waals surface area contributed by atoms with Crippen molar-refractivity contribution in [3.8, 4) is 5.75 Å². The van der Waals surface area contributed by atoms with Crippen molar-refractivity contribution in [3.05, 3.63) is 54.3 Å². The Hall–Kier alpha value is -3.13. The van der Waals surface area contributed by atoms with Crippen molar-refractivity contribution < 1.29 is 24.2 Å². The number of carboxylic acid groups (broad SMARTS) is 1. The van der Waals surface area contributed by atoms with Crippen LogP contribution in [0.2, 0.25) is 0 Å². The van der Waals surface area contributed by atoms with E-state index in [4.69, 9.17) is 0 Å². The van der Waals surface area contributed by atoms with E-state index in [0.29, 0.717) is 26.2 Å². The van der Waals surface area contributed by atoms with Crippen molar-refractivity contribution in [2.24, 2.45) is 5.92 Å². The van der Waals surface area contributed by atoms with Crippen molar-refractivity contribution in [2.45, 2.75) is 6.42 Å². The van der Waals surface area contributed by atoms with E-state index in [-0.39, 0.29) is 30.2 Å². The number of amides is 1. The summed E-state index contributed by atoms with van der Waals surface area (Å²) in [6.45, 7) is 2.97. The lowest BCUT2D eigenvalue weighted by molar-refractivity contribution is -0.144. The lowest BCUT2D eigenvalue weighted by Gasteiger charge is -2.37. The Bertz CT molecular complexity index is 851. The molecule has 1 aliphatic heterocycles. The molecule has 0 bridgehead atoms. The van der Waals surface area contributed by atoms with Crippen LogP contribution < -0.4 is 10.2 Å². The number of carboxylic acids is 1. The number of aromatic hydroxyl groups is 1. The third-order valence-corrected chi connectivity index (χ3v) is 5.00. The maximum Gasteiger partial charge on any atom is 0.308 e. The molecule has 7 nitrogen and oxygen atoms in total. The van der Waals surface area contributed by atoms with Crippen molar-refractivity contribution in [1.82, 2.24) is 4.90 Å². The summed E-state index contributed by atoms with van der Waals surface area (Å²) in [4.78, 5) is 28.0. The minimum Gasteiger partial charge on any atom is -0.506 e. The standard InChI is InChI=1S/C21H24FN3O4/c22-16-5-7-17(8-6-16)25-11-9-24(10-12-25)14-15(21(28)29)13-20(27)23-18-3-1-2-4-19(18)26/h1-8,15,26H,9-14H2,(H,23,27)(H,28,29)/t15-/m1/s1. The molecule has 0 radical (unpaired) electrons. The van der Waals surface area contributed by atoms with Crippen LogP contribution in [0.5, 0.6) is 5.75 Å². The highest BCUT2D eigenvalue weighted by atomic mass is 19.1. The van der Waals surface area contributed by atoms with Gasteiger partial charge in [0, 0.05) is 44.8 Å². The lowest BCUT2D eigenvalue weighted by Crippen LogP contribution is -2.48. The SMILES string of the molecule is O=C(C[C@H](CN1CCN(c2ccc(F)cc2)CC1)C(=O)O)Nc1ccccc1O. The van der Waals surface area contributed by atoms with Gasteiger partial charge in [0.05, 0.1) is 11.6 Å². The Balaban J connectivity index is 1.52. The molecule has 0 aromatic heterocycles. The second kappa shape index (κ2) is 9.38. The topological polar surface area (TPSA) is 93.1 Å². The molecule has 1 aliphatic rings. The number of nitrogens with one attached hydrogen (secondary N) is 1. The fourth-order valence-electron chi connectivity index (χ4n) is 3.39. The van der Waals surface area contributed by atoms with E-state index in [1.54, 1.807) is 30.3 Å². The second-order valence-electron chi connectivity index (χ2n) is 7.07. The van der Waals surface area contributed by atoms with Crippen LogP contribution in [0.1, 0.15) is 6.42 Å². The Morgan fingerprint density at radius 3 is 2.31 bits per heavy atom. The molecule has 1 amide bonds. The zero-order valence-electron chi connectivity index (χ0n) is 15.9. The van der Waals surface area contributed by atoms with Crippen LogP contribution in [0.15, 0.2) is 48.5 Å². The number of phenols is 1. The predicted molar refractivity (Wildman–Crippen MR) is 108 cm³/mol. The average Bonchev–Trinajstić information content (AvgIpc) is 2.70. The number of para-hydroxylation sites is 2. The average molecular weight is 401 g/mol. The highest BCUT2D eigenvalue weighted by Crippen LogP contribution is 2.22. The largest absolute Gasteiger partial charge is 0.506 e. The predicted octanol–water partition coefficient (Wildman–Crippen LogP) is 2.38. The molecule has 3 N–H and O–H groups in total. The summed E-state index contributed by atoms with van der Waals surface area (Å²) in [5.41, 5.74) is 1.19. The van der Waals surface area contributed by atoms with Crippen LogP contribution in [0, 0.1) is 11.7 Å². The number of carbonyl (C=O) groups is 2. The van der Waals surface area contributed by atoms with Crippen LogP contribution in [-0.4, -0.2) is 59.7 Å². The molecule has 1 saturated heterocycles. The quantitative estimate of drug-likeness (QED) is 0.617. The first kappa shape index (κ1) is 20.6. The molecule has 0 saturated carbocycles. The number of piperazine rings is 1. The van der Waals surface area contributed by atoms with Crippen molar-refractivity contribution in [1.29, 1.82) is 0 Å². The normalized spacial score (nSPS) is 15.7. The van der Waals surface area contributed by atoms with Gasteiger partial charge in [0.15, 0.2) is 0 Å². The molecule has 2 aromatic carbocycles. The summed E-state index contributed by atoms with van der Waals surface area (Å²) in [5, 5.41) is 21.8. The van der Waals surface area contributed by atoms with Gasteiger partial charge in [0.1, 0.15) is 11.6 Å². The number of anilines is 2. The summed E-state index contributed by atoms with van der Waals surface area (Å²) < 4.78 is 13.1. The fourth-order valence-corrected chi connectivity index (χ4v) is 3.39. The molecule has 8 heteroatoms. The van der Waals surface area contributed by atoms with Gasteiger partial charge in [0.25, 0.3) is 0 Å². The second-order valence-corrected chi connectivity index (χ2v) is 7.07. The molecular formula is C21H24FN3O4. The monoisotopic (exact) mass is 401 g/mol. The van der Waals surface area contributed by atoms with Crippen LogP contribution in [0.25, 0.3) is 0 Å². The van der Waals surface area contributed by atoms with Gasteiger partial charge in [-0.1, -0.05) is 12.1 Å². The number of carbonyl (C=O) groups excluding carboxylic acids is 1. The van der Waals surface area contributed by atoms with Crippen LogP contribution in [-0.2, 0) is 9.59 Å². The number of aliphatic carboxylic acids is 1. The van der Waals surface area contributed by atoms with Crippen molar-refractivity contribution in [3.63, 3.8) is 0 Å². The number of benzene rings is 2. The van der Waals surface area contributed by atoms with Gasteiger partial charge in [-0.15, -0.1) is 0 Å². The third kappa shape index (κ3) is 5.68. The minimum atomic E-state index is -1.03. The van der Waals surface area contributed by atoms with Crippen LogP contribution in [0.3, 0.4) is 0 Å². The van der Waals surface area contributed by atoms with Gasteiger partial charge < -0.3 is 20.4 Å². The molecule has 3 rings (SSSR count). The van der Waals surface area contributed by atoms with Gasteiger partial charge in [0.2, 0.25) is 5.91 Å². The van der Waals surface area contributed by atoms with Gasteiger partial charge in [-0.25, -0.2) is 4.39 Å². The summed E-state index contributed by atoms with van der Waals surface area (Å²) in [6, 6.07) is 12.6. The van der Waals surface area contributed by atoms with Crippen molar-refractivity contribution >= 4 is 23.3 Å². The van der Waals surface area contributed by atoms with E-state index in [2.05, 4.69) is 10.2 Å². The summed E-state index contributed by atoms with van der Waals surface area (Å²) in [5.74, 6) is -2.68. The molecule has 2 aromatic rings. The third-order valence-electron chi connectivity index (χ3n) is 5.00. The molecule has 0 spiro atoms. The number of halogens is 1. The molecule has 1 atom stereocenters. The summed E-state index contributed by atoms with van der Waals surface area (Å²) >= 11 is 0. The molecular weight excluding hydrogens is 377 g/mol. The summed E-state index contributed by atoms with van der Waals surface area (Å²) in [7, 11) is 0. The van der Waals surface area contributed by atoms with E-state index in [0.717, 1.165) is 5.69 Å². The van der Waals surface area contributed by atoms with Crippen LogP contribution in [0.4, 0.5) is 15.8 Å². The van der Waals surface area contributed by atoms with E-state index in [9.17, 15) is 24.2 Å². The first-order valence-corrected chi connectivity index (χ1v) is 9.46. The van der Waals surface area contributed by atoms with Gasteiger partial charge >= 0.3 is 5.97 Å². The van der Waals surface area contributed by atoms with Gasteiger partial charge in [-0.3, -0.25) is 14.5 Å². The number of phenolic OH excluding ortho intramolecular Hbond substituents is 1. The number of rotatable bonds is 7. The zero-order valence-corrected chi connectivity index (χ0v) is 15.9. The highest BCUT2D eigenvalue weighted by molar-refractivity contribution is 5.94. The Morgan fingerprint density at radius 2 is 1.69 bits per heavy atom. The maximum absolute atomic E-state index is 13.1. The van der Waals surface area contributed by atoms with E-state index >= 15 is 0 Å². The van der Waals surface area contributed by atoms with Crippen LogP contribution >= 0.6 is 0 Å². The fraction of sp³-hybridized carbons (Fsp3) is 0.333. The Morgan fingerprint density at radius 1 is 1.03 bits per heavy atom. The molecule has 1 fully saturated rings. The molecule has 0 aliphatic carbocycles. The van der Waals surface area contributed by atoms with E-state index in [1.165, 1.54) is 18.2 Å². The first-order chi connectivity index (χ1) is 13.9. The molecule has 29 heavy (non-hydrogen) atoms. The van der Waals surface area contributed by atoms with E-state index < -0.39 is 17.8 Å². The number of nitrogens with zero attached hydrogens (tertiary/aromatic N) is 2. The van der Waals surface area contributed by atoms with Crippen molar-refractivity contribution in [2.75, 3.05) is 42.9 Å². The first-order valence-electron chi connectivity index (χ1n) is 9.46. The molecule has 1 heterocycles. The maximum atomic E-state index is 13.1. The lowest BCUT2D eigenvalue weighted by atomic mass is 10.0. The number of hydrogen-bond donors (Lipinski definition) is 3. The molecule has 0 unspecified atom stereocenters. The minimum absolute atomic E-state index is 0.0651. The Kier molecular flexibility index (Phi) is 6.66. The smallest absolute Gasteiger partial charge is 0.308 e. The number of hydrogen-bond acceptors (Lipinski definition) is 5. The molecule has 154 valence electrons. The summed E-state index contributed by atoms with van der Waals surface area (Å²) in [6.07, 6.45) is -0.179. The van der Waals surface area contributed by atoms with E-state index in [1.807, 2.05) is 4.90 Å². The zero-order chi connectivity index (χ0) is 20.8. The highest BCUT2D eigenvalue weighted by Gasteiger charge is 2.26. The van der Waals surface area contributed by atoms with Gasteiger partial charge in [-0.2, -0.15) is 0 Å². The Labute approximate surface area is 168 Å². The van der Waals surface area contributed by atoms with Gasteiger partial charge in [-0.05, 0) is 36.4 Å².